The second-order valence-corrected chi connectivity index (χ2v) is 13.4. The smallest absolute Gasteiger partial charge is 1.00 e. The summed E-state index contributed by atoms with van der Waals surface area (Å²) in [6.45, 7) is 4.71. The quantitative estimate of drug-likeness (QED) is 0.370. The van der Waals surface area contributed by atoms with Crippen molar-refractivity contribution in [2.75, 3.05) is 0 Å². The van der Waals surface area contributed by atoms with Crippen molar-refractivity contribution in [1.82, 2.24) is 0 Å². The number of aromatic hydroxyl groups is 2. The summed E-state index contributed by atoms with van der Waals surface area (Å²) in [6.07, 6.45) is 0. The van der Waals surface area contributed by atoms with Gasteiger partial charge >= 0.3 is 111 Å². The summed E-state index contributed by atoms with van der Waals surface area (Å²) in [5.74, 6) is 2.43. The average Bonchev–Trinajstić information content (AvgIpc) is 2.45. The van der Waals surface area contributed by atoms with Gasteiger partial charge in [0.2, 0.25) is 0 Å². The van der Waals surface area contributed by atoms with Gasteiger partial charge in [-0.15, -0.1) is 0 Å². The van der Waals surface area contributed by atoms with Gasteiger partial charge in [-0.25, -0.2) is 0 Å². The van der Waals surface area contributed by atoms with Crippen molar-refractivity contribution >= 4 is 22.3 Å². The largest absolute Gasteiger partial charge is 1.00 e. The monoisotopic (exact) mass is 429 g/mol. The zero-order valence-electron chi connectivity index (χ0n) is 11.3. The molecule has 0 unspecified atom stereocenters. The van der Waals surface area contributed by atoms with Crippen LogP contribution in [0.25, 0.3) is 0 Å². The number of fused-ring (bicyclic) bond motifs is 2. The van der Waals surface area contributed by atoms with Crippen LogP contribution in [0, 0.1) is 0 Å². The molecule has 1 nitrogen and oxygen atoms in total. The van der Waals surface area contributed by atoms with E-state index >= 15 is 0 Å². The van der Waals surface area contributed by atoms with Crippen LogP contribution in [0.15, 0.2) is 48.5 Å². The molecular weight excluding hydrogens is 410 g/mol. The molecule has 19 heavy (non-hydrogen) atoms. The van der Waals surface area contributed by atoms with Crippen molar-refractivity contribution in [2.24, 2.45) is 0 Å². The van der Waals surface area contributed by atoms with Gasteiger partial charge < -0.3 is 24.0 Å². The number of hydrogen-bond donors (Lipinski definition) is 0. The SMILES string of the molecule is CC[As]1(CC)c2ccccc2[OH+]c2ccccc21.[I-]. The first-order valence-electron chi connectivity index (χ1n) is 6.60. The second-order valence-electron chi connectivity index (χ2n) is 4.69. The first-order valence-corrected chi connectivity index (χ1v) is 11.1. The van der Waals surface area contributed by atoms with Crippen LogP contribution < -0.4 is 32.7 Å². The normalized spacial score (nSPS) is 14.6. The van der Waals surface area contributed by atoms with Crippen LogP contribution in [0.1, 0.15) is 13.8 Å². The van der Waals surface area contributed by atoms with E-state index in [1.54, 1.807) is 8.70 Å². The summed E-state index contributed by atoms with van der Waals surface area (Å²) in [5, 5.41) is 2.58. The molecule has 0 saturated heterocycles. The van der Waals surface area contributed by atoms with Gasteiger partial charge in [-0.3, -0.25) is 0 Å². The number of rotatable bonds is 2. The van der Waals surface area contributed by atoms with E-state index < -0.39 is 13.6 Å². The topological polar surface area (TPSA) is 12.8 Å². The van der Waals surface area contributed by atoms with Crippen molar-refractivity contribution in [3.8, 4) is 11.5 Å². The minimum Gasteiger partial charge on any atom is -1.00 e. The maximum absolute atomic E-state index is 4.84. The zero-order chi connectivity index (χ0) is 12.6. The Morgan fingerprint density at radius 1 is 0.789 bits per heavy atom. The van der Waals surface area contributed by atoms with E-state index in [-0.39, 0.29) is 24.0 Å². The number of ether oxygens (including phenoxy) is 1. The molecule has 0 spiro atoms. The van der Waals surface area contributed by atoms with Crippen LogP contribution >= 0.6 is 0 Å². The number of para-hydroxylation sites is 2. The van der Waals surface area contributed by atoms with E-state index in [0.717, 1.165) is 0 Å². The predicted octanol–water partition coefficient (Wildman–Crippen LogP) is 0.262. The molecule has 0 aliphatic carbocycles. The molecule has 1 heterocycles. The van der Waals surface area contributed by atoms with E-state index in [2.05, 4.69) is 62.4 Å². The molecule has 1 N–H and O–H groups in total. The molecule has 1 aliphatic heterocycles. The Bertz CT molecular complexity index is 531. The van der Waals surface area contributed by atoms with Crippen LogP contribution in [0.5, 0.6) is 11.5 Å². The van der Waals surface area contributed by atoms with Crippen LogP contribution in [0.3, 0.4) is 0 Å². The van der Waals surface area contributed by atoms with Gasteiger partial charge in [0.25, 0.3) is 0 Å². The first-order chi connectivity index (χ1) is 8.81. The fourth-order valence-corrected chi connectivity index (χ4v) is 11.3. The molecule has 101 valence electrons. The molecule has 0 fully saturated rings. The summed E-state index contributed by atoms with van der Waals surface area (Å²) < 4.78 is 7.95. The van der Waals surface area contributed by atoms with Crippen molar-refractivity contribution in [3.63, 3.8) is 0 Å². The fourth-order valence-electron chi connectivity index (χ4n) is 3.01. The molecule has 3 heteroatoms. The fraction of sp³-hybridized carbons (Fsp3) is 0.250. The molecule has 1 radical (unpaired) electrons. The summed E-state index contributed by atoms with van der Waals surface area (Å²) in [4.78, 5) is 0. The molecule has 2 aromatic carbocycles. The average molecular weight is 429 g/mol. The van der Waals surface area contributed by atoms with Gasteiger partial charge in [-0.1, -0.05) is 0 Å². The number of benzene rings is 2. The van der Waals surface area contributed by atoms with E-state index in [1.807, 2.05) is 0 Å². The molecule has 3 rings (SSSR count). The van der Waals surface area contributed by atoms with Crippen LogP contribution in [0.2, 0.25) is 10.4 Å². The molecule has 0 saturated carbocycles. The molecule has 0 aromatic heterocycles. The van der Waals surface area contributed by atoms with Gasteiger partial charge in [0.15, 0.2) is 0 Å². The van der Waals surface area contributed by atoms with E-state index in [4.69, 9.17) is 4.74 Å². The van der Waals surface area contributed by atoms with Crippen LogP contribution in [0.4, 0.5) is 0 Å². The van der Waals surface area contributed by atoms with Crippen LogP contribution in [-0.2, 0) is 0 Å². The third-order valence-electron chi connectivity index (χ3n) is 4.01. The van der Waals surface area contributed by atoms with Crippen molar-refractivity contribution in [3.05, 3.63) is 48.5 Å². The van der Waals surface area contributed by atoms with Gasteiger partial charge in [0.05, 0.1) is 0 Å². The molecular formula is C16H19AsIO. The maximum atomic E-state index is 4.84. The van der Waals surface area contributed by atoms with E-state index in [9.17, 15) is 0 Å². The Labute approximate surface area is 134 Å². The van der Waals surface area contributed by atoms with Gasteiger partial charge in [-0.2, -0.15) is 0 Å². The Balaban J connectivity index is 0.00000133. The Morgan fingerprint density at radius 3 is 1.63 bits per heavy atom. The Morgan fingerprint density at radius 2 is 1.21 bits per heavy atom. The summed E-state index contributed by atoms with van der Waals surface area (Å²) >= 11 is -1.97. The van der Waals surface area contributed by atoms with Gasteiger partial charge in [0, 0.05) is 0 Å². The predicted molar refractivity (Wildman–Crippen MR) is 80.0 cm³/mol. The third kappa shape index (κ3) is 2.23. The second kappa shape index (κ2) is 5.88. The summed E-state index contributed by atoms with van der Waals surface area (Å²) in [6, 6.07) is 17.5. The number of halogens is 1. The maximum Gasteiger partial charge on any atom is -1.00 e. The first kappa shape index (κ1) is 14.9. The molecule has 2 aromatic rings. The van der Waals surface area contributed by atoms with Crippen molar-refractivity contribution in [2.45, 2.75) is 24.3 Å². The molecule has 0 amide bonds. The molecule has 0 bridgehead atoms. The van der Waals surface area contributed by atoms with Crippen molar-refractivity contribution < 1.29 is 28.7 Å². The standard InChI is InChI=1S/C16H18AsO.HI/c1-3-17(4-2)13-9-5-7-11-15(13)18-16-12-8-6-10-14(16)17;/h5-12H,3-4H2,1-2H3;1H. The minimum absolute atomic E-state index is 0. The zero-order valence-corrected chi connectivity index (χ0v) is 15.3. The number of hydrogen-bond acceptors (Lipinski definition) is 0. The van der Waals surface area contributed by atoms with Crippen LogP contribution in [-0.4, -0.2) is 18.3 Å². The van der Waals surface area contributed by atoms with Gasteiger partial charge in [-0.05, 0) is 0 Å². The minimum atomic E-state index is -1.97. The Kier molecular flexibility index (Phi) is 4.62. The van der Waals surface area contributed by atoms with Crippen molar-refractivity contribution in [1.29, 1.82) is 0 Å². The van der Waals surface area contributed by atoms with E-state index in [0.29, 0.717) is 0 Å². The Hall–Kier alpha value is -0.472. The molecule has 1 aliphatic rings. The third-order valence-corrected chi connectivity index (χ3v) is 14.0. The van der Waals surface area contributed by atoms with Gasteiger partial charge in [0.1, 0.15) is 0 Å². The summed E-state index contributed by atoms with van der Waals surface area (Å²) in [7, 11) is 0. The molecule has 0 atom stereocenters. The summed E-state index contributed by atoms with van der Waals surface area (Å²) in [5.41, 5.74) is 0. The van der Waals surface area contributed by atoms with E-state index in [1.165, 1.54) is 21.9 Å².